The maximum atomic E-state index is 11.0. The Labute approximate surface area is 87.0 Å². The molecule has 0 saturated heterocycles. The molecule has 0 amide bonds. The van der Waals surface area contributed by atoms with Crippen LogP contribution in [0.5, 0.6) is 0 Å². The summed E-state index contributed by atoms with van der Waals surface area (Å²) in [6.45, 7) is 2.64. The summed E-state index contributed by atoms with van der Waals surface area (Å²) in [7, 11) is 3.08. The van der Waals surface area contributed by atoms with Crippen LogP contribution in [-0.4, -0.2) is 31.9 Å². The van der Waals surface area contributed by atoms with Gasteiger partial charge < -0.3 is 4.74 Å². The van der Waals surface area contributed by atoms with Crippen LogP contribution in [0.2, 0.25) is 0 Å². The first-order valence-electron chi connectivity index (χ1n) is 3.93. The Morgan fingerprint density at radius 2 is 2.29 bits per heavy atom. The van der Waals surface area contributed by atoms with Crippen molar-refractivity contribution in [2.24, 2.45) is 0 Å². The molecule has 0 unspecified atom stereocenters. The Hall–Kier alpha value is -0.590. The van der Waals surface area contributed by atoms with Gasteiger partial charge in [-0.05, 0) is 6.92 Å². The van der Waals surface area contributed by atoms with E-state index in [0.717, 1.165) is 0 Å². The predicted octanol–water partition coefficient (Wildman–Crippen LogP) is 0.765. The number of hydrogen-bond acceptors (Lipinski definition) is 4. The second-order valence-corrected chi connectivity index (χ2v) is 5.28. The van der Waals surface area contributed by atoms with Crippen LogP contribution in [0.3, 0.4) is 0 Å². The third kappa shape index (κ3) is 2.46. The third-order valence-corrected chi connectivity index (χ3v) is 3.25. The number of halogens is 1. The van der Waals surface area contributed by atoms with E-state index in [1.54, 1.807) is 18.7 Å². The average molecular weight is 239 g/mol. The number of ether oxygens (including phenoxy) is 1. The van der Waals surface area contributed by atoms with Crippen molar-refractivity contribution in [3.8, 4) is 0 Å². The quantitative estimate of drug-likeness (QED) is 0.727. The van der Waals surface area contributed by atoms with Gasteiger partial charge in [0.2, 0.25) is 0 Å². The molecule has 0 bridgehead atoms. The molecule has 80 valence electrons. The summed E-state index contributed by atoms with van der Waals surface area (Å²) in [6.07, 6.45) is 1.24. The lowest BCUT2D eigenvalue weighted by atomic mass is 10.5. The summed E-state index contributed by atoms with van der Waals surface area (Å²) < 4.78 is 28.4. The van der Waals surface area contributed by atoms with Crippen LogP contribution in [-0.2, 0) is 20.3 Å². The first-order valence-corrected chi connectivity index (χ1v) is 6.23. The summed E-state index contributed by atoms with van der Waals surface area (Å²) in [5, 5.41) is 3.89. The minimum atomic E-state index is -3.69. The molecule has 1 heterocycles. The van der Waals surface area contributed by atoms with Crippen LogP contribution in [0.25, 0.3) is 0 Å². The van der Waals surface area contributed by atoms with Crippen molar-refractivity contribution in [1.82, 2.24) is 9.78 Å². The Bertz CT molecular complexity index is 413. The maximum Gasteiger partial charge on any atom is 0.264 e. The van der Waals surface area contributed by atoms with Gasteiger partial charge in [-0.25, -0.2) is 8.42 Å². The highest BCUT2D eigenvalue weighted by molar-refractivity contribution is 8.13. The SMILES string of the molecule is COCCn1ncc(S(=O)(=O)Cl)c1C. The molecule has 0 spiro atoms. The largest absolute Gasteiger partial charge is 0.383 e. The van der Waals surface area contributed by atoms with Crippen LogP contribution >= 0.6 is 10.7 Å². The average Bonchev–Trinajstić information content (AvgIpc) is 2.42. The van der Waals surface area contributed by atoms with Gasteiger partial charge in [0.15, 0.2) is 0 Å². The Kier molecular flexibility index (Phi) is 3.52. The Morgan fingerprint density at radius 3 is 2.71 bits per heavy atom. The highest BCUT2D eigenvalue weighted by Gasteiger charge is 2.17. The predicted molar refractivity (Wildman–Crippen MR) is 51.9 cm³/mol. The van der Waals surface area contributed by atoms with Gasteiger partial charge in [0.25, 0.3) is 9.05 Å². The molecule has 1 rings (SSSR count). The Morgan fingerprint density at radius 1 is 1.64 bits per heavy atom. The molecule has 0 aliphatic heterocycles. The molecule has 0 aliphatic rings. The van der Waals surface area contributed by atoms with E-state index in [2.05, 4.69) is 5.10 Å². The second-order valence-electron chi connectivity index (χ2n) is 2.75. The van der Waals surface area contributed by atoms with Crippen molar-refractivity contribution >= 4 is 19.7 Å². The van der Waals surface area contributed by atoms with Crippen LogP contribution in [0, 0.1) is 6.92 Å². The number of aromatic nitrogens is 2. The molecule has 0 atom stereocenters. The van der Waals surface area contributed by atoms with Gasteiger partial charge in [-0.3, -0.25) is 4.68 Å². The molecule has 0 radical (unpaired) electrons. The first-order chi connectivity index (χ1) is 6.46. The zero-order valence-electron chi connectivity index (χ0n) is 7.90. The van der Waals surface area contributed by atoms with Gasteiger partial charge >= 0.3 is 0 Å². The summed E-state index contributed by atoms with van der Waals surface area (Å²) in [5.41, 5.74) is 0.525. The van der Waals surface area contributed by atoms with Crippen molar-refractivity contribution in [2.75, 3.05) is 13.7 Å². The van der Waals surface area contributed by atoms with Crippen molar-refractivity contribution in [2.45, 2.75) is 18.4 Å². The fourth-order valence-electron chi connectivity index (χ4n) is 1.07. The highest BCUT2D eigenvalue weighted by atomic mass is 35.7. The molecule has 0 aromatic carbocycles. The summed E-state index contributed by atoms with van der Waals surface area (Å²) in [4.78, 5) is 0.0512. The van der Waals surface area contributed by atoms with Gasteiger partial charge in [-0.15, -0.1) is 0 Å². The van der Waals surface area contributed by atoms with Gasteiger partial charge in [0.1, 0.15) is 4.90 Å². The molecule has 0 fully saturated rings. The van der Waals surface area contributed by atoms with Crippen molar-refractivity contribution in [3.63, 3.8) is 0 Å². The summed E-state index contributed by atoms with van der Waals surface area (Å²) >= 11 is 0. The lowest BCUT2D eigenvalue weighted by Gasteiger charge is -2.02. The van der Waals surface area contributed by atoms with Crippen LogP contribution in [0.15, 0.2) is 11.1 Å². The monoisotopic (exact) mass is 238 g/mol. The molecular formula is C7H11ClN2O3S. The number of rotatable bonds is 4. The van der Waals surface area contributed by atoms with Crippen LogP contribution in [0.4, 0.5) is 0 Å². The molecule has 7 heteroatoms. The van der Waals surface area contributed by atoms with E-state index in [1.165, 1.54) is 6.20 Å². The van der Waals surface area contributed by atoms with E-state index in [9.17, 15) is 8.42 Å². The molecule has 1 aromatic rings. The smallest absolute Gasteiger partial charge is 0.264 e. The molecule has 0 aliphatic carbocycles. The van der Waals surface area contributed by atoms with E-state index in [4.69, 9.17) is 15.4 Å². The van der Waals surface area contributed by atoms with Crippen molar-refractivity contribution < 1.29 is 13.2 Å². The van der Waals surface area contributed by atoms with E-state index in [-0.39, 0.29) is 4.90 Å². The molecule has 0 saturated carbocycles. The highest BCUT2D eigenvalue weighted by Crippen LogP contribution is 2.18. The molecular weight excluding hydrogens is 228 g/mol. The van der Waals surface area contributed by atoms with Crippen molar-refractivity contribution in [1.29, 1.82) is 0 Å². The number of hydrogen-bond donors (Lipinski definition) is 0. The third-order valence-electron chi connectivity index (χ3n) is 1.83. The van der Waals surface area contributed by atoms with E-state index >= 15 is 0 Å². The molecule has 14 heavy (non-hydrogen) atoms. The lowest BCUT2D eigenvalue weighted by Crippen LogP contribution is -2.08. The lowest BCUT2D eigenvalue weighted by molar-refractivity contribution is 0.182. The first kappa shape index (κ1) is 11.5. The minimum absolute atomic E-state index is 0.0512. The van der Waals surface area contributed by atoms with Gasteiger partial charge in [-0.1, -0.05) is 0 Å². The zero-order chi connectivity index (χ0) is 10.8. The van der Waals surface area contributed by atoms with E-state index in [0.29, 0.717) is 18.8 Å². The summed E-state index contributed by atoms with van der Waals surface area (Å²) in [5.74, 6) is 0. The van der Waals surface area contributed by atoms with Gasteiger partial charge in [0.05, 0.1) is 25.0 Å². The normalized spacial score (nSPS) is 11.9. The maximum absolute atomic E-state index is 11.0. The van der Waals surface area contributed by atoms with Crippen LogP contribution < -0.4 is 0 Å². The van der Waals surface area contributed by atoms with Crippen molar-refractivity contribution in [3.05, 3.63) is 11.9 Å². The van der Waals surface area contributed by atoms with Crippen LogP contribution in [0.1, 0.15) is 5.69 Å². The van der Waals surface area contributed by atoms with E-state index in [1.807, 2.05) is 0 Å². The number of nitrogens with zero attached hydrogens (tertiary/aromatic N) is 2. The minimum Gasteiger partial charge on any atom is -0.383 e. The second kappa shape index (κ2) is 4.29. The van der Waals surface area contributed by atoms with E-state index < -0.39 is 9.05 Å². The molecule has 5 nitrogen and oxygen atoms in total. The standard InChI is InChI=1S/C7H11ClN2O3S/c1-6-7(14(8,11)12)5-9-10(6)3-4-13-2/h5H,3-4H2,1-2H3. The fraction of sp³-hybridized carbons (Fsp3) is 0.571. The summed E-state index contributed by atoms with van der Waals surface area (Å²) in [6, 6.07) is 0. The van der Waals surface area contributed by atoms with Gasteiger partial charge in [-0.2, -0.15) is 5.10 Å². The molecule has 1 aromatic heterocycles. The zero-order valence-corrected chi connectivity index (χ0v) is 9.47. The Balaban J connectivity index is 2.97. The molecule has 0 N–H and O–H groups in total. The fourth-order valence-corrected chi connectivity index (χ4v) is 2.16. The van der Waals surface area contributed by atoms with Gasteiger partial charge in [0, 0.05) is 17.8 Å². The number of methoxy groups -OCH3 is 1. The topological polar surface area (TPSA) is 61.2 Å².